The molecule has 1 nitrogen and oxygen atoms in total. The number of benzene rings is 1. The molecule has 0 unspecified atom stereocenters. The summed E-state index contributed by atoms with van der Waals surface area (Å²) in [6.45, 7) is 3.56. The minimum Gasteiger partial charge on any atom is -0.390 e. The Morgan fingerprint density at radius 3 is 2.54 bits per heavy atom. The zero-order chi connectivity index (χ0) is 9.90. The van der Waals surface area contributed by atoms with E-state index >= 15 is 0 Å². The van der Waals surface area contributed by atoms with E-state index in [1.54, 1.807) is 13.8 Å². The first-order chi connectivity index (χ1) is 6.03. The molecule has 0 aromatic heterocycles. The average molecular weight is 174 g/mol. The fourth-order valence-electron chi connectivity index (χ4n) is 1.28. The van der Waals surface area contributed by atoms with Gasteiger partial charge < -0.3 is 5.11 Å². The topological polar surface area (TPSA) is 20.2 Å². The highest BCUT2D eigenvalue weighted by atomic mass is 16.3. The van der Waals surface area contributed by atoms with Gasteiger partial charge in [-0.25, -0.2) is 0 Å². The normalized spacial score (nSPS) is 10.9. The predicted molar refractivity (Wildman–Crippen MR) is 54.4 cm³/mol. The maximum Gasteiger partial charge on any atom is 0.0632 e. The van der Waals surface area contributed by atoms with Gasteiger partial charge in [-0.3, -0.25) is 0 Å². The first kappa shape index (κ1) is 9.83. The first-order valence-electron chi connectivity index (χ1n) is 4.30. The Morgan fingerprint density at radius 1 is 1.38 bits per heavy atom. The van der Waals surface area contributed by atoms with E-state index in [-0.39, 0.29) is 0 Å². The van der Waals surface area contributed by atoms with Crippen molar-refractivity contribution in [2.24, 2.45) is 0 Å². The average Bonchev–Trinajstić information content (AvgIpc) is 2.02. The van der Waals surface area contributed by atoms with Crippen LogP contribution in [0.5, 0.6) is 0 Å². The van der Waals surface area contributed by atoms with Gasteiger partial charge in [0.05, 0.1) is 5.60 Å². The van der Waals surface area contributed by atoms with Crippen molar-refractivity contribution < 1.29 is 5.11 Å². The monoisotopic (exact) mass is 174 g/mol. The first-order valence-corrected chi connectivity index (χ1v) is 4.30. The van der Waals surface area contributed by atoms with Crippen LogP contribution in [0.1, 0.15) is 25.0 Å². The Bertz CT molecular complexity index is 326. The van der Waals surface area contributed by atoms with Crippen LogP contribution in [0.2, 0.25) is 0 Å². The van der Waals surface area contributed by atoms with Gasteiger partial charge in [-0.2, -0.15) is 0 Å². The van der Waals surface area contributed by atoms with Gasteiger partial charge in [-0.05, 0) is 25.5 Å². The van der Waals surface area contributed by atoms with E-state index in [0.717, 1.165) is 11.1 Å². The summed E-state index contributed by atoms with van der Waals surface area (Å²) in [5.41, 5.74) is 1.19. The van der Waals surface area contributed by atoms with Crippen molar-refractivity contribution in [2.45, 2.75) is 25.9 Å². The third kappa shape index (κ3) is 2.93. The third-order valence-corrected chi connectivity index (χ3v) is 1.80. The van der Waals surface area contributed by atoms with Crippen molar-refractivity contribution in [1.82, 2.24) is 0 Å². The van der Waals surface area contributed by atoms with E-state index in [1.165, 1.54) is 0 Å². The van der Waals surface area contributed by atoms with Gasteiger partial charge in [-0.1, -0.05) is 24.1 Å². The lowest BCUT2D eigenvalue weighted by atomic mass is 9.95. The second-order valence-electron chi connectivity index (χ2n) is 3.79. The Morgan fingerprint density at radius 2 is 2.00 bits per heavy atom. The molecule has 0 saturated heterocycles. The van der Waals surface area contributed by atoms with Crippen molar-refractivity contribution >= 4 is 0 Å². The summed E-state index contributed by atoms with van der Waals surface area (Å²) in [5.74, 6) is 2.61. The molecule has 68 valence electrons. The Kier molecular flexibility index (Phi) is 2.75. The summed E-state index contributed by atoms with van der Waals surface area (Å²) in [7, 11) is 0. The maximum atomic E-state index is 9.62. The van der Waals surface area contributed by atoms with Gasteiger partial charge in [0.1, 0.15) is 0 Å². The summed E-state index contributed by atoms with van der Waals surface area (Å²) in [6.07, 6.45) is 5.93. The highest BCUT2D eigenvalue weighted by Gasteiger charge is 2.14. The van der Waals surface area contributed by atoms with Crippen LogP contribution in [0, 0.1) is 12.3 Å². The number of rotatable bonds is 2. The molecule has 1 aromatic rings. The van der Waals surface area contributed by atoms with Crippen LogP contribution in [0.3, 0.4) is 0 Å². The smallest absolute Gasteiger partial charge is 0.0632 e. The van der Waals surface area contributed by atoms with Gasteiger partial charge >= 0.3 is 0 Å². The van der Waals surface area contributed by atoms with Crippen LogP contribution >= 0.6 is 0 Å². The summed E-state index contributed by atoms with van der Waals surface area (Å²) < 4.78 is 0. The second kappa shape index (κ2) is 3.64. The standard InChI is InChI=1S/C12H14O/c1-4-10-7-5-6-8-11(10)9-12(2,3)13/h1,5-8,13H,9H2,2-3H3. The summed E-state index contributed by atoms with van der Waals surface area (Å²) in [6, 6.07) is 7.68. The molecule has 0 bridgehead atoms. The molecule has 0 atom stereocenters. The highest BCUT2D eigenvalue weighted by Crippen LogP contribution is 2.15. The molecule has 1 heteroatoms. The number of terminal acetylenes is 1. The summed E-state index contributed by atoms with van der Waals surface area (Å²) in [5, 5.41) is 9.62. The van der Waals surface area contributed by atoms with Gasteiger partial charge in [0.25, 0.3) is 0 Å². The molecule has 0 saturated carbocycles. The van der Waals surface area contributed by atoms with Crippen LogP contribution in [0.15, 0.2) is 24.3 Å². The van der Waals surface area contributed by atoms with Crippen molar-refractivity contribution in [2.75, 3.05) is 0 Å². The lowest BCUT2D eigenvalue weighted by Crippen LogP contribution is -2.22. The van der Waals surface area contributed by atoms with Gasteiger partial charge in [-0.15, -0.1) is 6.42 Å². The zero-order valence-corrected chi connectivity index (χ0v) is 8.04. The predicted octanol–water partition coefficient (Wildman–Crippen LogP) is 1.98. The Labute approximate surface area is 79.4 Å². The van der Waals surface area contributed by atoms with Crippen LogP contribution in [-0.2, 0) is 6.42 Å². The van der Waals surface area contributed by atoms with Crippen LogP contribution < -0.4 is 0 Å². The Hall–Kier alpha value is -1.26. The maximum absolute atomic E-state index is 9.62. The molecular weight excluding hydrogens is 160 g/mol. The van der Waals surface area contributed by atoms with E-state index in [4.69, 9.17) is 6.42 Å². The molecule has 0 aliphatic carbocycles. The van der Waals surface area contributed by atoms with Gasteiger partial charge in [0.2, 0.25) is 0 Å². The minimum absolute atomic E-state index is 0.591. The molecule has 0 spiro atoms. The second-order valence-corrected chi connectivity index (χ2v) is 3.79. The quantitative estimate of drug-likeness (QED) is 0.680. The van der Waals surface area contributed by atoms with E-state index < -0.39 is 5.60 Å². The molecule has 1 N–H and O–H groups in total. The lowest BCUT2D eigenvalue weighted by Gasteiger charge is -2.17. The van der Waals surface area contributed by atoms with Crippen molar-refractivity contribution in [1.29, 1.82) is 0 Å². The molecule has 0 heterocycles. The largest absolute Gasteiger partial charge is 0.390 e. The fourth-order valence-corrected chi connectivity index (χ4v) is 1.28. The van der Waals surface area contributed by atoms with E-state index in [0.29, 0.717) is 6.42 Å². The highest BCUT2D eigenvalue weighted by molar-refractivity contribution is 5.40. The van der Waals surface area contributed by atoms with Crippen LogP contribution in [0.25, 0.3) is 0 Å². The van der Waals surface area contributed by atoms with Gasteiger partial charge in [0.15, 0.2) is 0 Å². The number of aliphatic hydroxyl groups is 1. The molecule has 0 aliphatic heterocycles. The number of hydrogen-bond donors (Lipinski definition) is 1. The van der Waals surface area contributed by atoms with Crippen molar-refractivity contribution in [3.63, 3.8) is 0 Å². The summed E-state index contributed by atoms with van der Waals surface area (Å²) >= 11 is 0. The van der Waals surface area contributed by atoms with Crippen molar-refractivity contribution in [3.05, 3.63) is 35.4 Å². The molecule has 0 fully saturated rings. The fraction of sp³-hybridized carbons (Fsp3) is 0.333. The molecule has 1 rings (SSSR count). The van der Waals surface area contributed by atoms with Crippen molar-refractivity contribution in [3.8, 4) is 12.3 Å². The zero-order valence-electron chi connectivity index (χ0n) is 8.04. The SMILES string of the molecule is C#Cc1ccccc1CC(C)(C)O. The van der Waals surface area contributed by atoms with Crippen LogP contribution in [-0.4, -0.2) is 10.7 Å². The lowest BCUT2D eigenvalue weighted by molar-refractivity contribution is 0.0809. The van der Waals surface area contributed by atoms with E-state index in [9.17, 15) is 5.11 Å². The molecule has 0 radical (unpaired) electrons. The van der Waals surface area contributed by atoms with Crippen LogP contribution in [0.4, 0.5) is 0 Å². The third-order valence-electron chi connectivity index (χ3n) is 1.80. The summed E-state index contributed by atoms with van der Waals surface area (Å²) in [4.78, 5) is 0. The van der Waals surface area contributed by atoms with E-state index in [1.807, 2.05) is 24.3 Å². The molecule has 0 amide bonds. The van der Waals surface area contributed by atoms with E-state index in [2.05, 4.69) is 5.92 Å². The molecule has 0 aliphatic rings. The molecular formula is C12H14O. The number of hydrogen-bond acceptors (Lipinski definition) is 1. The Balaban J connectivity index is 2.96. The molecule has 1 aromatic carbocycles. The molecule has 13 heavy (non-hydrogen) atoms. The minimum atomic E-state index is -0.701. The van der Waals surface area contributed by atoms with Gasteiger partial charge in [0, 0.05) is 12.0 Å².